The summed E-state index contributed by atoms with van der Waals surface area (Å²) in [5.41, 5.74) is 1.20. The highest BCUT2D eigenvalue weighted by atomic mass is 31.2. The maximum absolute atomic E-state index is 11.3. The zero-order valence-corrected chi connectivity index (χ0v) is 10.7. The van der Waals surface area contributed by atoms with Crippen molar-refractivity contribution in [2.45, 2.75) is 26.2 Å². The van der Waals surface area contributed by atoms with Crippen LogP contribution in [0.1, 0.15) is 25.3 Å². The first kappa shape index (κ1) is 13.9. The normalized spacial score (nSPS) is 14.0. The van der Waals surface area contributed by atoms with E-state index in [0.717, 1.165) is 19.8 Å². The summed E-state index contributed by atoms with van der Waals surface area (Å²) in [6, 6.07) is 9.91. The van der Waals surface area contributed by atoms with Gasteiger partial charge in [0.05, 0.1) is 6.16 Å². The maximum Gasteiger partial charge on any atom is 0.378 e. The summed E-state index contributed by atoms with van der Waals surface area (Å²) in [7, 11) is -3.72. The van der Waals surface area contributed by atoms with E-state index in [9.17, 15) is 14.3 Å². The van der Waals surface area contributed by atoms with Crippen molar-refractivity contribution in [1.29, 1.82) is 0 Å². The molecule has 0 heterocycles. The van der Waals surface area contributed by atoms with Gasteiger partial charge in [0.15, 0.2) is 0 Å². The number of carbonyl (C=O) groups is 1. The molecule has 1 atom stereocenters. The van der Waals surface area contributed by atoms with Crippen LogP contribution in [0.5, 0.6) is 0 Å². The predicted octanol–water partition coefficient (Wildman–Crippen LogP) is 2.76. The second kappa shape index (κ2) is 6.58. The molecule has 0 saturated carbocycles. The highest BCUT2D eigenvalue weighted by molar-refractivity contribution is 7.53. The summed E-state index contributed by atoms with van der Waals surface area (Å²) >= 11 is 0. The molecule has 1 aromatic carbocycles. The number of carbonyl (C=O) groups excluding carboxylic acids is 1. The fourth-order valence-electron chi connectivity index (χ4n) is 1.53. The molecule has 0 fully saturated rings. The minimum Gasteiger partial charge on any atom is -0.392 e. The largest absolute Gasteiger partial charge is 0.392 e. The Morgan fingerprint density at radius 3 is 2.53 bits per heavy atom. The van der Waals surface area contributed by atoms with Gasteiger partial charge in [-0.2, -0.15) is 0 Å². The highest BCUT2D eigenvalue weighted by Gasteiger charge is 2.21. The molecule has 0 bridgehead atoms. The Balaban J connectivity index is 2.24. The molecule has 0 radical (unpaired) electrons. The van der Waals surface area contributed by atoms with Crippen molar-refractivity contribution in [1.82, 2.24) is 0 Å². The van der Waals surface area contributed by atoms with Gasteiger partial charge in [-0.25, -0.2) is 4.57 Å². The van der Waals surface area contributed by atoms with Crippen LogP contribution in [0, 0.1) is 0 Å². The van der Waals surface area contributed by atoms with Crippen LogP contribution in [0.25, 0.3) is 0 Å². The lowest BCUT2D eigenvalue weighted by molar-refractivity contribution is -0.132. The van der Waals surface area contributed by atoms with E-state index in [1.807, 2.05) is 30.3 Å². The fraction of sp³-hybridized carbons (Fsp3) is 0.417. The van der Waals surface area contributed by atoms with Gasteiger partial charge in [-0.15, -0.1) is 0 Å². The monoisotopic (exact) mass is 256 g/mol. The Morgan fingerprint density at radius 2 is 1.94 bits per heavy atom. The summed E-state index contributed by atoms with van der Waals surface area (Å²) in [6.07, 6.45) is 2.26. The van der Waals surface area contributed by atoms with Gasteiger partial charge < -0.3 is 9.42 Å². The lowest BCUT2D eigenvalue weighted by Crippen LogP contribution is -2.00. The molecule has 0 aromatic heterocycles. The van der Waals surface area contributed by atoms with E-state index in [4.69, 9.17) is 0 Å². The Kier molecular flexibility index (Phi) is 5.39. The molecule has 4 nitrogen and oxygen atoms in total. The SMILES string of the molecule is CC(=O)OP(=O)(O)CCCCc1ccccc1. The molecule has 17 heavy (non-hydrogen) atoms. The van der Waals surface area contributed by atoms with Crippen molar-refractivity contribution in [3.05, 3.63) is 35.9 Å². The van der Waals surface area contributed by atoms with Crippen LogP contribution in [0.15, 0.2) is 30.3 Å². The van der Waals surface area contributed by atoms with Crippen molar-refractivity contribution < 1.29 is 18.8 Å². The van der Waals surface area contributed by atoms with Gasteiger partial charge in [-0.1, -0.05) is 30.3 Å². The molecular weight excluding hydrogens is 239 g/mol. The zero-order valence-electron chi connectivity index (χ0n) is 9.83. The number of hydrogen-bond donors (Lipinski definition) is 1. The summed E-state index contributed by atoms with van der Waals surface area (Å²) in [4.78, 5) is 19.9. The number of aryl methyl sites for hydroxylation is 1. The Bertz CT molecular complexity index is 402. The van der Waals surface area contributed by atoms with Crippen LogP contribution in [-0.2, 0) is 20.3 Å². The average molecular weight is 256 g/mol. The van der Waals surface area contributed by atoms with E-state index in [1.54, 1.807) is 0 Å². The lowest BCUT2D eigenvalue weighted by atomic mass is 10.1. The van der Waals surface area contributed by atoms with E-state index in [1.165, 1.54) is 5.56 Å². The number of benzene rings is 1. The molecule has 5 heteroatoms. The van der Waals surface area contributed by atoms with Crippen molar-refractivity contribution in [2.75, 3.05) is 6.16 Å². The van der Waals surface area contributed by atoms with E-state index >= 15 is 0 Å². The van der Waals surface area contributed by atoms with Gasteiger partial charge in [0.25, 0.3) is 0 Å². The van der Waals surface area contributed by atoms with Gasteiger partial charge in [-0.05, 0) is 24.8 Å². The molecular formula is C12H17O4P. The minimum atomic E-state index is -3.72. The van der Waals surface area contributed by atoms with Gasteiger partial charge >= 0.3 is 13.6 Å². The summed E-state index contributed by atoms with van der Waals surface area (Å²) in [6.45, 7) is 1.13. The van der Waals surface area contributed by atoms with Crippen molar-refractivity contribution >= 4 is 13.6 Å². The average Bonchev–Trinajstić information content (AvgIpc) is 2.24. The summed E-state index contributed by atoms with van der Waals surface area (Å²) < 4.78 is 15.7. The fourth-order valence-corrected chi connectivity index (χ4v) is 2.65. The van der Waals surface area contributed by atoms with Gasteiger partial charge in [0.1, 0.15) is 0 Å². The number of unbranched alkanes of at least 4 members (excludes halogenated alkanes) is 1. The third kappa shape index (κ3) is 6.25. The third-order valence-electron chi connectivity index (χ3n) is 2.27. The molecule has 0 amide bonds. The van der Waals surface area contributed by atoms with Crippen molar-refractivity contribution in [3.63, 3.8) is 0 Å². The zero-order chi connectivity index (χ0) is 12.7. The van der Waals surface area contributed by atoms with Crippen molar-refractivity contribution in [2.24, 2.45) is 0 Å². The van der Waals surface area contributed by atoms with Gasteiger partial charge in [-0.3, -0.25) is 4.79 Å². The Morgan fingerprint density at radius 1 is 1.29 bits per heavy atom. The smallest absolute Gasteiger partial charge is 0.378 e. The van der Waals surface area contributed by atoms with E-state index in [2.05, 4.69) is 4.52 Å². The Hall–Kier alpha value is -1.12. The summed E-state index contributed by atoms with van der Waals surface area (Å²) in [5.74, 6) is -0.709. The molecule has 0 aliphatic carbocycles. The van der Waals surface area contributed by atoms with E-state index < -0.39 is 13.6 Å². The van der Waals surface area contributed by atoms with Crippen molar-refractivity contribution in [3.8, 4) is 0 Å². The first-order chi connectivity index (χ1) is 7.99. The molecule has 0 saturated heterocycles. The minimum absolute atomic E-state index is 0.0272. The molecule has 0 aliphatic heterocycles. The third-order valence-corrected chi connectivity index (χ3v) is 3.69. The second-order valence-corrected chi connectivity index (χ2v) is 5.79. The topological polar surface area (TPSA) is 63.6 Å². The Labute approximate surface area is 101 Å². The maximum atomic E-state index is 11.3. The van der Waals surface area contributed by atoms with Crippen LogP contribution < -0.4 is 0 Å². The van der Waals surface area contributed by atoms with Crippen LogP contribution in [0.3, 0.4) is 0 Å². The molecule has 1 rings (SSSR count). The highest BCUT2D eigenvalue weighted by Crippen LogP contribution is 2.42. The van der Waals surface area contributed by atoms with E-state index in [-0.39, 0.29) is 6.16 Å². The van der Waals surface area contributed by atoms with Gasteiger partial charge in [0.2, 0.25) is 0 Å². The molecule has 1 unspecified atom stereocenters. The first-order valence-electron chi connectivity index (χ1n) is 5.55. The van der Waals surface area contributed by atoms with E-state index in [0.29, 0.717) is 6.42 Å². The van der Waals surface area contributed by atoms with Crippen LogP contribution in [-0.4, -0.2) is 17.0 Å². The predicted molar refractivity (Wildman–Crippen MR) is 65.8 cm³/mol. The molecule has 1 N–H and O–H groups in total. The molecule has 0 spiro atoms. The lowest BCUT2D eigenvalue weighted by Gasteiger charge is -2.10. The number of rotatable bonds is 6. The first-order valence-corrected chi connectivity index (χ1v) is 7.32. The molecule has 1 aromatic rings. The number of hydrogen-bond acceptors (Lipinski definition) is 3. The summed E-state index contributed by atoms with van der Waals surface area (Å²) in [5, 5.41) is 0. The molecule has 0 aliphatic rings. The van der Waals surface area contributed by atoms with Crippen LogP contribution >= 0.6 is 7.60 Å². The quantitative estimate of drug-likeness (QED) is 0.628. The van der Waals surface area contributed by atoms with Crippen LogP contribution in [0.2, 0.25) is 0 Å². The standard InChI is InChI=1S/C12H17O4P/c1-11(13)16-17(14,15)10-6-5-9-12-7-3-2-4-8-12/h2-4,7-8H,5-6,9-10H2,1H3,(H,14,15). The van der Waals surface area contributed by atoms with Crippen LogP contribution in [0.4, 0.5) is 0 Å². The molecule has 94 valence electrons. The van der Waals surface area contributed by atoms with Gasteiger partial charge in [0, 0.05) is 6.92 Å². The second-order valence-electron chi connectivity index (χ2n) is 3.89.